The van der Waals surface area contributed by atoms with Crippen molar-refractivity contribution in [2.24, 2.45) is 7.05 Å². The number of aryl methyl sites for hydroxylation is 3. The van der Waals surface area contributed by atoms with E-state index in [2.05, 4.69) is 5.10 Å². The predicted molar refractivity (Wildman–Crippen MR) is 160 cm³/mol. The maximum atomic E-state index is 13.9. The molecule has 3 aromatic rings. The molecule has 1 fully saturated rings. The molecule has 2 atom stereocenters. The van der Waals surface area contributed by atoms with E-state index in [0.717, 1.165) is 5.56 Å². The Hall–Kier alpha value is -4.10. The van der Waals surface area contributed by atoms with Crippen LogP contribution in [0, 0.1) is 13.8 Å². The minimum atomic E-state index is -4.04. The van der Waals surface area contributed by atoms with Gasteiger partial charge in [-0.15, -0.1) is 0 Å². The Morgan fingerprint density at radius 1 is 1.07 bits per heavy atom. The van der Waals surface area contributed by atoms with Crippen molar-refractivity contribution in [2.75, 3.05) is 27.4 Å². The summed E-state index contributed by atoms with van der Waals surface area (Å²) in [7, 11) is 0.743. The number of nitrogens with zero attached hydrogens (tertiary/aromatic N) is 3. The minimum Gasteiger partial charge on any atom is -0.493 e. The summed E-state index contributed by atoms with van der Waals surface area (Å²) in [4.78, 5) is 25.0. The molecule has 1 N–H and O–H groups in total. The fourth-order valence-electron chi connectivity index (χ4n) is 5.47. The van der Waals surface area contributed by atoms with Crippen LogP contribution in [-0.2, 0) is 37.8 Å². The van der Waals surface area contributed by atoms with Gasteiger partial charge in [0.2, 0.25) is 10.0 Å². The molecule has 0 radical (unpaired) electrons. The van der Waals surface area contributed by atoms with Gasteiger partial charge in [-0.1, -0.05) is 18.2 Å². The SMILES string of the molecule is COc1ccc(CC[C@@H](OC(=O)[C@@H]2CCCCN2S(=O)(=O)c2c(C)nn(C)c2C)c2cccc(OCC(=O)O)c2)cc1OC. The number of hydrogen-bond acceptors (Lipinski definition) is 9. The lowest BCUT2D eigenvalue weighted by atomic mass is 10.00. The number of esters is 1. The Kier molecular flexibility index (Phi) is 10.5. The molecule has 0 amide bonds. The van der Waals surface area contributed by atoms with Crippen LogP contribution in [0.2, 0.25) is 0 Å². The summed E-state index contributed by atoms with van der Waals surface area (Å²) >= 11 is 0. The van der Waals surface area contributed by atoms with Gasteiger partial charge < -0.3 is 24.1 Å². The lowest BCUT2D eigenvalue weighted by Crippen LogP contribution is -2.49. The first-order valence-electron chi connectivity index (χ1n) is 14.3. The first-order valence-corrected chi connectivity index (χ1v) is 15.8. The average molecular weight is 630 g/mol. The summed E-state index contributed by atoms with van der Waals surface area (Å²) in [6, 6.07) is 11.2. The fraction of sp³-hybridized carbons (Fsp3) is 0.452. The molecule has 0 bridgehead atoms. The number of ether oxygens (including phenoxy) is 4. The highest BCUT2D eigenvalue weighted by Crippen LogP contribution is 2.34. The quantitative estimate of drug-likeness (QED) is 0.276. The van der Waals surface area contributed by atoms with E-state index in [1.807, 2.05) is 12.1 Å². The molecule has 0 spiro atoms. The zero-order valence-corrected chi connectivity index (χ0v) is 26.4. The molecule has 4 rings (SSSR count). The largest absolute Gasteiger partial charge is 0.493 e. The molecule has 2 heterocycles. The smallest absolute Gasteiger partial charge is 0.341 e. The van der Waals surface area contributed by atoms with Crippen molar-refractivity contribution in [3.05, 3.63) is 65.0 Å². The number of carboxylic acid groups (broad SMARTS) is 1. The van der Waals surface area contributed by atoms with Crippen LogP contribution in [0.4, 0.5) is 0 Å². The Bertz CT molecular complexity index is 1600. The summed E-state index contributed by atoms with van der Waals surface area (Å²) in [5.41, 5.74) is 2.36. The second-order valence-electron chi connectivity index (χ2n) is 10.7. The molecular formula is C31H39N3O9S. The number of piperidine rings is 1. The number of aliphatic carboxylic acids is 1. The molecule has 44 heavy (non-hydrogen) atoms. The van der Waals surface area contributed by atoms with Gasteiger partial charge in [0.05, 0.1) is 25.6 Å². The second kappa shape index (κ2) is 14.1. The molecule has 0 aliphatic carbocycles. The Morgan fingerprint density at radius 3 is 2.48 bits per heavy atom. The van der Waals surface area contributed by atoms with Crippen LogP contribution in [0.15, 0.2) is 47.4 Å². The van der Waals surface area contributed by atoms with Crippen molar-refractivity contribution in [1.82, 2.24) is 14.1 Å². The van der Waals surface area contributed by atoms with E-state index in [-0.39, 0.29) is 11.4 Å². The number of rotatable bonds is 13. The maximum Gasteiger partial charge on any atom is 0.341 e. The maximum absolute atomic E-state index is 13.9. The Balaban J connectivity index is 1.63. The monoisotopic (exact) mass is 629 g/mol. The van der Waals surface area contributed by atoms with Crippen LogP contribution in [0.25, 0.3) is 0 Å². The topological polar surface area (TPSA) is 146 Å². The van der Waals surface area contributed by atoms with Gasteiger partial charge in [0.25, 0.3) is 0 Å². The zero-order valence-electron chi connectivity index (χ0n) is 25.6. The Morgan fingerprint density at radius 2 is 1.82 bits per heavy atom. The minimum absolute atomic E-state index is 0.105. The molecule has 0 saturated carbocycles. The number of benzene rings is 2. The standard InChI is InChI=1S/C31H39N3O9S/c1-20-30(21(2)33(3)32-20)44(38,39)34-16-7-6-11-25(34)31(37)43-26(23-9-8-10-24(18-23)42-19-29(35)36)14-12-22-13-15-27(40-4)28(17-22)41-5/h8-10,13,15,17-18,25-26H,6-7,11-12,14,16,19H2,1-5H3,(H,35,36)/t25-,26+/m0/s1. The molecule has 13 heteroatoms. The fourth-order valence-corrected chi connectivity index (χ4v) is 7.52. The third kappa shape index (κ3) is 7.33. The van der Waals surface area contributed by atoms with Gasteiger partial charge in [-0.3, -0.25) is 9.48 Å². The molecule has 12 nitrogen and oxygen atoms in total. The third-order valence-electron chi connectivity index (χ3n) is 7.73. The van der Waals surface area contributed by atoms with E-state index in [0.29, 0.717) is 66.3 Å². The summed E-state index contributed by atoms with van der Waals surface area (Å²) in [6.45, 7) is 2.99. The van der Waals surface area contributed by atoms with Gasteiger partial charge in [0, 0.05) is 13.6 Å². The van der Waals surface area contributed by atoms with Gasteiger partial charge in [0.15, 0.2) is 18.1 Å². The molecular weight excluding hydrogens is 590 g/mol. The lowest BCUT2D eigenvalue weighted by molar-refractivity contribution is -0.155. The van der Waals surface area contributed by atoms with Crippen molar-refractivity contribution in [3.63, 3.8) is 0 Å². The van der Waals surface area contributed by atoms with Crippen molar-refractivity contribution in [3.8, 4) is 17.2 Å². The number of hydrogen-bond donors (Lipinski definition) is 1. The third-order valence-corrected chi connectivity index (χ3v) is 9.89. The molecule has 2 aromatic carbocycles. The number of methoxy groups -OCH3 is 2. The van der Waals surface area contributed by atoms with Crippen LogP contribution in [0.3, 0.4) is 0 Å². The van der Waals surface area contributed by atoms with E-state index in [1.165, 1.54) is 8.99 Å². The number of sulfonamides is 1. The van der Waals surface area contributed by atoms with E-state index in [4.69, 9.17) is 24.1 Å². The number of carbonyl (C=O) groups is 2. The van der Waals surface area contributed by atoms with Crippen molar-refractivity contribution < 1.29 is 42.1 Å². The Labute approximate surface area is 257 Å². The van der Waals surface area contributed by atoms with Crippen LogP contribution in [0.5, 0.6) is 17.2 Å². The van der Waals surface area contributed by atoms with Gasteiger partial charge in [0.1, 0.15) is 22.8 Å². The van der Waals surface area contributed by atoms with Crippen molar-refractivity contribution in [1.29, 1.82) is 0 Å². The van der Waals surface area contributed by atoms with Crippen molar-refractivity contribution >= 4 is 22.0 Å². The first-order chi connectivity index (χ1) is 21.0. The molecule has 1 saturated heterocycles. The molecule has 1 aliphatic heterocycles. The number of aromatic nitrogens is 2. The molecule has 238 valence electrons. The van der Waals surface area contributed by atoms with Crippen LogP contribution in [0.1, 0.15) is 54.3 Å². The van der Waals surface area contributed by atoms with E-state index in [1.54, 1.807) is 65.4 Å². The van der Waals surface area contributed by atoms with Crippen LogP contribution < -0.4 is 14.2 Å². The highest BCUT2D eigenvalue weighted by atomic mass is 32.2. The van der Waals surface area contributed by atoms with Crippen molar-refractivity contribution in [2.45, 2.75) is 63.0 Å². The molecule has 1 aromatic heterocycles. The van der Waals surface area contributed by atoms with Gasteiger partial charge in [-0.05, 0) is 81.3 Å². The lowest BCUT2D eigenvalue weighted by Gasteiger charge is -2.34. The summed E-state index contributed by atoms with van der Waals surface area (Å²) in [6.07, 6.45) is 1.67. The second-order valence-corrected chi connectivity index (χ2v) is 12.5. The van der Waals surface area contributed by atoms with E-state index >= 15 is 0 Å². The number of carbonyl (C=O) groups excluding carboxylic acids is 1. The summed E-state index contributed by atoms with van der Waals surface area (Å²) < 4.78 is 52.8. The normalized spacial score (nSPS) is 16.2. The first kappa shape index (κ1) is 32.8. The predicted octanol–water partition coefficient (Wildman–Crippen LogP) is 3.98. The highest BCUT2D eigenvalue weighted by molar-refractivity contribution is 7.89. The zero-order chi connectivity index (χ0) is 32.0. The van der Waals surface area contributed by atoms with Crippen LogP contribution in [-0.4, -0.2) is 73.0 Å². The summed E-state index contributed by atoms with van der Waals surface area (Å²) in [5.74, 6) is -0.320. The van der Waals surface area contributed by atoms with E-state index < -0.39 is 40.7 Å². The molecule has 1 aliphatic rings. The molecule has 0 unspecified atom stereocenters. The van der Waals surface area contributed by atoms with Gasteiger partial charge in [-0.25, -0.2) is 13.2 Å². The highest BCUT2D eigenvalue weighted by Gasteiger charge is 2.41. The van der Waals surface area contributed by atoms with Crippen LogP contribution >= 0.6 is 0 Å². The summed E-state index contributed by atoms with van der Waals surface area (Å²) in [5, 5.41) is 13.3. The van der Waals surface area contributed by atoms with Gasteiger partial charge >= 0.3 is 11.9 Å². The number of carboxylic acids is 1. The van der Waals surface area contributed by atoms with E-state index in [9.17, 15) is 18.0 Å². The van der Waals surface area contributed by atoms with Gasteiger partial charge in [-0.2, -0.15) is 9.40 Å². The average Bonchev–Trinajstić information content (AvgIpc) is 3.28.